The van der Waals surface area contributed by atoms with Crippen molar-refractivity contribution in [3.8, 4) is 0 Å². The van der Waals surface area contributed by atoms with E-state index < -0.39 is 0 Å². The second kappa shape index (κ2) is 2.43. The smallest absolute Gasteiger partial charge is 0.161 e. The molecule has 0 N–H and O–H groups in total. The van der Waals surface area contributed by atoms with E-state index >= 15 is 0 Å². The molecule has 3 heteroatoms. The fraction of sp³-hybridized carbons (Fsp3) is 0.125. The molecule has 0 aliphatic rings. The monoisotopic (exact) mass is 182 g/mol. The number of fused-ring (bicyclic) bond motifs is 1. The van der Waals surface area contributed by atoms with E-state index in [-0.39, 0.29) is 5.78 Å². The van der Waals surface area contributed by atoms with Crippen LogP contribution in [-0.4, -0.2) is 5.78 Å². The highest BCUT2D eigenvalue weighted by atomic mass is 32.2. The van der Waals surface area contributed by atoms with Crippen molar-refractivity contribution in [3.63, 3.8) is 0 Å². The van der Waals surface area contributed by atoms with Crippen molar-refractivity contribution in [1.82, 2.24) is 0 Å². The molecule has 1 nitrogen and oxygen atoms in total. The molecule has 56 valence electrons. The van der Waals surface area contributed by atoms with Crippen LogP contribution in [0.25, 0.3) is 9.40 Å². The summed E-state index contributed by atoms with van der Waals surface area (Å²) in [6.45, 7) is 1.61. The highest BCUT2D eigenvalue weighted by Gasteiger charge is 2.07. The van der Waals surface area contributed by atoms with Gasteiger partial charge in [0.2, 0.25) is 0 Å². The molecule has 0 unspecified atom stereocenters. The molecule has 2 aromatic rings. The minimum absolute atomic E-state index is 0.162. The SMILES string of the molecule is CC(=O)c1csc2sccc12. The lowest BCUT2D eigenvalue weighted by atomic mass is 10.2. The Hall–Kier alpha value is -0.670. The van der Waals surface area contributed by atoms with E-state index in [0.717, 1.165) is 10.9 Å². The van der Waals surface area contributed by atoms with Gasteiger partial charge in [0.1, 0.15) is 0 Å². The van der Waals surface area contributed by atoms with Crippen LogP contribution in [0.15, 0.2) is 16.8 Å². The summed E-state index contributed by atoms with van der Waals surface area (Å²) in [5, 5.41) is 5.07. The van der Waals surface area contributed by atoms with Crippen LogP contribution >= 0.6 is 22.7 Å². The third-order valence-electron chi connectivity index (χ3n) is 1.58. The van der Waals surface area contributed by atoms with Crippen molar-refractivity contribution >= 4 is 37.9 Å². The summed E-state index contributed by atoms with van der Waals surface area (Å²) in [6.07, 6.45) is 0. The minimum Gasteiger partial charge on any atom is -0.294 e. The van der Waals surface area contributed by atoms with Gasteiger partial charge in [-0.3, -0.25) is 4.79 Å². The first-order chi connectivity index (χ1) is 5.29. The zero-order valence-electron chi connectivity index (χ0n) is 5.96. The largest absolute Gasteiger partial charge is 0.294 e. The number of hydrogen-bond acceptors (Lipinski definition) is 3. The van der Waals surface area contributed by atoms with E-state index in [1.807, 2.05) is 16.8 Å². The summed E-state index contributed by atoms with van der Waals surface area (Å²) in [5.74, 6) is 0.162. The van der Waals surface area contributed by atoms with Crippen molar-refractivity contribution in [2.24, 2.45) is 0 Å². The molecular weight excluding hydrogens is 176 g/mol. The average Bonchev–Trinajstić information content (AvgIpc) is 2.41. The van der Waals surface area contributed by atoms with Gasteiger partial charge in [0, 0.05) is 16.3 Å². The molecule has 0 atom stereocenters. The highest BCUT2D eigenvalue weighted by molar-refractivity contribution is 7.37. The summed E-state index contributed by atoms with van der Waals surface area (Å²) >= 11 is 3.34. The summed E-state index contributed by atoms with van der Waals surface area (Å²) in [4.78, 5) is 11.0. The van der Waals surface area contributed by atoms with Crippen LogP contribution in [0.4, 0.5) is 0 Å². The quantitative estimate of drug-likeness (QED) is 0.619. The molecule has 0 aliphatic heterocycles. The Labute approximate surface area is 72.3 Å². The summed E-state index contributed by atoms with van der Waals surface area (Å²) in [7, 11) is 0. The van der Waals surface area contributed by atoms with Crippen molar-refractivity contribution in [2.45, 2.75) is 6.92 Å². The lowest BCUT2D eigenvalue weighted by Gasteiger charge is -1.85. The summed E-state index contributed by atoms with van der Waals surface area (Å²) in [6, 6.07) is 2.01. The van der Waals surface area contributed by atoms with Crippen LogP contribution in [-0.2, 0) is 0 Å². The second-order valence-electron chi connectivity index (χ2n) is 2.33. The average molecular weight is 182 g/mol. The van der Waals surface area contributed by atoms with Crippen LogP contribution in [0.2, 0.25) is 0 Å². The molecule has 0 aromatic carbocycles. The van der Waals surface area contributed by atoms with Crippen LogP contribution in [0.5, 0.6) is 0 Å². The summed E-state index contributed by atoms with van der Waals surface area (Å²) in [5.41, 5.74) is 0.867. The Morgan fingerprint density at radius 1 is 1.45 bits per heavy atom. The van der Waals surface area contributed by atoms with Gasteiger partial charge >= 0.3 is 0 Å². The van der Waals surface area contributed by atoms with Gasteiger partial charge in [-0.15, -0.1) is 22.7 Å². The van der Waals surface area contributed by atoms with E-state index in [1.165, 1.54) is 4.01 Å². The van der Waals surface area contributed by atoms with E-state index in [2.05, 4.69) is 0 Å². The summed E-state index contributed by atoms with van der Waals surface area (Å²) < 4.78 is 1.25. The van der Waals surface area contributed by atoms with E-state index in [0.29, 0.717) is 0 Å². The van der Waals surface area contributed by atoms with Crippen molar-refractivity contribution in [2.75, 3.05) is 0 Å². The number of hydrogen-bond donors (Lipinski definition) is 0. The maximum Gasteiger partial charge on any atom is 0.161 e. The van der Waals surface area contributed by atoms with Gasteiger partial charge in [-0.05, 0) is 18.4 Å². The minimum atomic E-state index is 0.162. The normalized spacial score (nSPS) is 10.6. The Bertz CT molecular complexity index is 397. The fourth-order valence-corrected chi connectivity index (χ4v) is 3.02. The maximum atomic E-state index is 11.0. The first kappa shape index (κ1) is 7.00. The topological polar surface area (TPSA) is 17.1 Å². The molecule has 2 aromatic heterocycles. The fourth-order valence-electron chi connectivity index (χ4n) is 1.03. The number of carbonyl (C=O) groups is 1. The van der Waals surface area contributed by atoms with Gasteiger partial charge in [0.15, 0.2) is 5.78 Å². The number of rotatable bonds is 1. The third-order valence-corrected chi connectivity index (χ3v) is 3.65. The number of thiophene rings is 2. The number of Topliss-reactive ketones (excluding diaryl/α,β-unsaturated/α-hetero) is 1. The number of ketones is 1. The lowest BCUT2D eigenvalue weighted by Crippen LogP contribution is -1.86. The zero-order valence-corrected chi connectivity index (χ0v) is 7.59. The van der Waals surface area contributed by atoms with Gasteiger partial charge in [0.25, 0.3) is 0 Å². The Morgan fingerprint density at radius 2 is 2.27 bits per heavy atom. The molecule has 0 aliphatic carbocycles. The van der Waals surface area contributed by atoms with Crippen LogP contribution in [0, 0.1) is 0 Å². The van der Waals surface area contributed by atoms with Gasteiger partial charge in [0.05, 0.1) is 4.01 Å². The zero-order chi connectivity index (χ0) is 7.84. The van der Waals surface area contributed by atoms with Crippen LogP contribution in [0.3, 0.4) is 0 Å². The van der Waals surface area contributed by atoms with E-state index in [9.17, 15) is 4.79 Å². The molecule has 0 fully saturated rings. The van der Waals surface area contributed by atoms with Gasteiger partial charge in [-0.1, -0.05) is 0 Å². The predicted octanol–water partition coefficient (Wildman–Crippen LogP) is 3.17. The Kier molecular flexibility index (Phi) is 1.55. The molecule has 0 bridgehead atoms. The molecule has 0 amide bonds. The van der Waals surface area contributed by atoms with Gasteiger partial charge < -0.3 is 0 Å². The van der Waals surface area contributed by atoms with Crippen LogP contribution in [0.1, 0.15) is 17.3 Å². The molecule has 11 heavy (non-hydrogen) atoms. The Balaban J connectivity index is 2.78. The molecular formula is C8H6OS2. The molecule has 0 radical (unpaired) electrons. The second-order valence-corrected chi connectivity index (χ2v) is 4.38. The molecule has 0 spiro atoms. The lowest BCUT2D eigenvalue weighted by molar-refractivity contribution is 0.101. The van der Waals surface area contributed by atoms with Gasteiger partial charge in [-0.25, -0.2) is 0 Å². The van der Waals surface area contributed by atoms with Crippen molar-refractivity contribution in [1.29, 1.82) is 0 Å². The van der Waals surface area contributed by atoms with Gasteiger partial charge in [-0.2, -0.15) is 0 Å². The predicted molar refractivity (Wildman–Crippen MR) is 49.7 cm³/mol. The third kappa shape index (κ3) is 1.01. The molecule has 2 rings (SSSR count). The molecule has 0 saturated heterocycles. The van der Waals surface area contributed by atoms with E-state index in [1.54, 1.807) is 29.6 Å². The van der Waals surface area contributed by atoms with E-state index in [4.69, 9.17) is 0 Å². The first-order valence-electron chi connectivity index (χ1n) is 3.24. The highest BCUT2D eigenvalue weighted by Crippen LogP contribution is 2.30. The van der Waals surface area contributed by atoms with Crippen molar-refractivity contribution < 1.29 is 4.79 Å². The first-order valence-corrected chi connectivity index (χ1v) is 5.00. The van der Waals surface area contributed by atoms with Crippen molar-refractivity contribution in [3.05, 3.63) is 22.4 Å². The molecule has 2 heterocycles. The Morgan fingerprint density at radius 3 is 3.00 bits per heavy atom. The standard InChI is InChI=1S/C8H6OS2/c1-5(9)7-4-11-8-6(7)2-3-10-8/h2-4H,1H3. The number of carbonyl (C=O) groups excluding carboxylic acids is 1. The maximum absolute atomic E-state index is 11.0. The van der Waals surface area contributed by atoms with Crippen LogP contribution < -0.4 is 0 Å². The molecule has 0 saturated carbocycles.